The molecule has 0 N–H and O–H groups in total. The third-order valence-electron chi connectivity index (χ3n) is 2.90. The zero-order chi connectivity index (χ0) is 13.1. The molecule has 1 aromatic heterocycles. The number of pyridine rings is 1. The second kappa shape index (κ2) is 5.68. The van der Waals surface area contributed by atoms with Gasteiger partial charge in [0.25, 0.3) is 0 Å². The quantitative estimate of drug-likeness (QED) is 0.623. The zero-order valence-electron chi connectivity index (χ0n) is 10.0. The molecule has 0 saturated heterocycles. The second-order valence-electron chi connectivity index (χ2n) is 4.17. The summed E-state index contributed by atoms with van der Waals surface area (Å²) in [5.41, 5.74) is 3.00. The summed E-state index contributed by atoms with van der Waals surface area (Å²) in [6.45, 7) is 2.11. The molecule has 1 aromatic carbocycles. The van der Waals surface area contributed by atoms with E-state index in [0.29, 0.717) is 11.6 Å². The smallest absolute Gasteiger partial charge is 0.221 e. The van der Waals surface area contributed by atoms with Crippen molar-refractivity contribution in [3.05, 3.63) is 40.5 Å². The van der Waals surface area contributed by atoms with Crippen LogP contribution in [0.15, 0.2) is 24.3 Å². The summed E-state index contributed by atoms with van der Waals surface area (Å²) in [4.78, 5) is 15.1. The minimum Gasteiger partial charge on any atom is -0.281 e. The molecule has 2 aromatic rings. The first-order valence-corrected chi connectivity index (χ1v) is 6.62. The Hall–Kier alpha value is -1.12. The largest absolute Gasteiger partial charge is 0.281 e. The summed E-state index contributed by atoms with van der Waals surface area (Å²) in [6.07, 6.45) is 1.79. The number of hydrogen-bond acceptors (Lipinski definition) is 2. The summed E-state index contributed by atoms with van der Waals surface area (Å²) in [7, 11) is 0. The van der Waals surface area contributed by atoms with Gasteiger partial charge in [-0.1, -0.05) is 24.6 Å². The topological polar surface area (TPSA) is 30.0 Å². The molecular weight excluding hydrogens is 269 g/mol. The van der Waals surface area contributed by atoms with Crippen molar-refractivity contribution in [2.75, 3.05) is 0 Å². The van der Waals surface area contributed by atoms with Gasteiger partial charge in [-0.15, -0.1) is 0 Å². The van der Waals surface area contributed by atoms with Crippen molar-refractivity contribution in [3.63, 3.8) is 0 Å². The number of aromatic nitrogens is 1. The van der Waals surface area contributed by atoms with Crippen molar-refractivity contribution < 1.29 is 4.79 Å². The van der Waals surface area contributed by atoms with Gasteiger partial charge in [0.05, 0.1) is 5.52 Å². The minimum atomic E-state index is -0.353. The van der Waals surface area contributed by atoms with Gasteiger partial charge in [-0.05, 0) is 53.8 Å². The molecule has 1 heterocycles. The van der Waals surface area contributed by atoms with Crippen molar-refractivity contribution in [1.82, 2.24) is 4.98 Å². The molecule has 0 fully saturated rings. The van der Waals surface area contributed by atoms with Gasteiger partial charge in [-0.25, -0.2) is 4.98 Å². The Bertz CT molecular complexity index is 596. The first-order chi connectivity index (χ1) is 8.60. The van der Waals surface area contributed by atoms with E-state index in [4.69, 9.17) is 23.2 Å². The van der Waals surface area contributed by atoms with E-state index < -0.39 is 0 Å². The standard InChI is InChI=1S/C14H13Cl2NO/c1-2-9-3-5-12-11(7-9)8-10(14(16)17-12)4-6-13(15)18/h3,5,7-8H,2,4,6H2,1H3. The van der Waals surface area contributed by atoms with Crippen LogP contribution in [-0.4, -0.2) is 10.2 Å². The molecule has 0 radical (unpaired) electrons. The Balaban J connectivity index is 2.41. The lowest BCUT2D eigenvalue weighted by Crippen LogP contribution is -1.95. The molecule has 0 aliphatic carbocycles. The number of carbonyl (C=O) groups excluding carboxylic acids is 1. The van der Waals surface area contributed by atoms with Gasteiger partial charge < -0.3 is 0 Å². The van der Waals surface area contributed by atoms with E-state index in [1.807, 2.05) is 18.2 Å². The van der Waals surface area contributed by atoms with Crippen LogP contribution in [0, 0.1) is 0 Å². The predicted molar refractivity (Wildman–Crippen MR) is 75.3 cm³/mol. The Kier molecular flexibility index (Phi) is 4.20. The lowest BCUT2D eigenvalue weighted by atomic mass is 10.1. The highest BCUT2D eigenvalue weighted by molar-refractivity contribution is 6.63. The highest BCUT2D eigenvalue weighted by atomic mass is 35.5. The maximum atomic E-state index is 10.8. The number of rotatable bonds is 4. The van der Waals surface area contributed by atoms with Gasteiger partial charge in [0, 0.05) is 11.8 Å². The van der Waals surface area contributed by atoms with E-state index in [-0.39, 0.29) is 11.7 Å². The maximum absolute atomic E-state index is 10.8. The van der Waals surface area contributed by atoms with E-state index in [0.717, 1.165) is 22.9 Å². The monoisotopic (exact) mass is 281 g/mol. The second-order valence-corrected chi connectivity index (χ2v) is 4.95. The van der Waals surface area contributed by atoms with Gasteiger partial charge >= 0.3 is 0 Å². The summed E-state index contributed by atoms with van der Waals surface area (Å²) >= 11 is 11.4. The van der Waals surface area contributed by atoms with Crippen molar-refractivity contribution in [3.8, 4) is 0 Å². The number of halogens is 2. The van der Waals surface area contributed by atoms with Crippen LogP contribution in [0.5, 0.6) is 0 Å². The molecule has 0 unspecified atom stereocenters. The maximum Gasteiger partial charge on any atom is 0.221 e. The van der Waals surface area contributed by atoms with Gasteiger partial charge in [0.15, 0.2) is 0 Å². The van der Waals surface area contributed by atoms with Crippen LogP contribution < -0.4 is 0 Å². The van der Waals surface area contributed by atoms with Crippen LogP contribution in [-0.2, 0) is 17.6 Å². The molecule has 0 spiro atoms. The average Bonchev–Trinajstić information content (AvgIpc) is 2.35. The van der Waals surface area contributed by atoms with Crippen LogP contribution >= 0.6 is 23.2 Å². The van der Waals surface area contributed by atoms with Crippen molar-refractivity contribution in [1.29, 1.82) is 0 Å². The number of hydrogen-bond donors (Lipinski definition) is 0. The molecule has 2 rings (SSSR count). The zero-order valence-corrected chi connectivity index (χ0v) is 11.6. The highest BCUT2D eigenvalue weighted by Gasteiger charge is 2.07. The molecule has 0 atom stereocenters. The Labute approximate surface area is 116 Å². The summed E-state index contributed by atoms with van der Waals surface area (Å²) in [5, 5.41) is 1.15. The van der Waals surface area contributed by atoms with Gasteiger partial charge in [-0.3, -0.25) is 4.79 Å². The molecule has 0 saturated carbocycles. The Morgan fingerprint density at radius 2 is 2.11 bits per heavy atom. The normalized spacial score (nSPS) is 10.8. The molecule has 4 heteroatoms. The van der Waals surface area contributed by atoms with E-state index in [1.165, 1.54) is 5.56 Å². The highest BCUT2D eigenvalue weighted by Crippen LogP contribution is 2.23. The molecule has 2 nitrogen and oxygen atoms in total. The van der Waals surface area contributed by atoms with Crippen LogP contribution in [0.2, 0.25) is 5.15 Å². The molecule has 0 aliphatic heterocycles. The molecule has 0 bridgehead atoms. The van der Waals surface area contributed by atoms with E-state index in [2.05, 4.69) is 18.0 Å². The third-order valence-corrected chi connectivity index (χ3v) is 3.42. The summed E-state index contributed by atoms with van der Waals surface area (Å²) < 4.78 is 0. The van der Waals surface area contributed by atoms with Gasteiger partial charge in [0.2, 0.25) is 5.24 Å². The SMILES string of the molecule is CCc1ccc2nc(Cl)c(CCC(=O)Cl)cc2c1. The van der Waals surface area contributed by atoms with E-state index >= 15 is 0 Å². The van der Waals surface area contributed by atoms with Gasteiger partial charge in [-0.2, -0.15) is 0 Å². The number of fused-ring (bicyclic) bond motifs is 1. The molecule has 18 heavy (non-hydrogen) atoms. The van der Waals surface area contributed by atoms with E-state index in [9.17, 15) is 4.79 Å². The lowest BCUT2D eigenvalue weighted by molar-refractivity contribution is -0.111. The molecular formula is C14H13Cl2NO. The van der Waals surface area contributed by atoms with Crippen molar-refractivity contribution in [2.45, 2.75) is 26.2 Å². The fraction of sp³-hybridized carbons (Fsp3) is 0.286. The van der Waals surface area contributed by atoms with Crippen LogP contribution in [0.4, 0.5) is 0 Å². The predicted octanol–water partition coefficient (Wildman–Crippen LogP) is 4.15. The fourth-order valence-electron chi connectivity index (χ4n) is 1.87. The fourth-order valence-corrected chi connectivity index (χ4v) is 2.21. The number of benzene rings is 1. The van der Waals surface area contributed by atoms with Crippen molar-refractivity contribution >= 4 is 39.3 Å². The van der Waals surface area contributed by atoms with Crippen LogP contribution in [0.3, 0.4) is 0 Å². The number of carbonyl (C=O) groups is 1. The molecule has 0 aliphatic rings. The first-order valence-electron chi connectivity index (χ1n) is 5.86. The van der Waals surface area contributed by atoms with Crippen molar-refractivity contribution in [2.24, 2.45) is 0 Å². The first kappa shape index (κ1) is 13.3. The minimum absolute atomic E-state index is 0.280. The molecule has 0 amide bonds. The van der Waals surface area contributed by atoms with E-state index in [1.54, 1.807) is 0 Å². The Morgan fingerprint density at radius 3 is 2.78 bits per heavy atom. The molecule has 94 valence electrons. The summed E-state index contributed by atoms with van der Waals surface area (Å²) in [6, 6.07) is 8.11. The average molecular weight is 282 g/mol. The third kappa shape index (κ3) is 3.01. The summed E-state index contributed by atoms with van der Waals surface area (Å²) in [5.74, 6) is 0. The van der Waals surface area contributed by atoms with Gasteiger partial charge in [0.1, 0.15) is 5.15 Å². The Morgan fingerprint density at radius 1 is 1.33 bits per heavy atom. The number of nitrogens with zero attached hydrogens (tertiary/aromatic N) is 1. The van der Waals surface area contributed by atoms with Crippen LogP contribution in [0.25, 0.3) is 10.9 Å². The lowest BCUT2D eigenvalue weighted by Gasteiger charge is -2.06. The number of aryl methyl sites for hydroxylation is 2. The van der Waals surface area contributed by atoms with Crippen LogP contribution in [0.1, 0.15) is 24.5 Å².